The molecule has 232 valence electrons. The van der Waals surface area contributed by atoms with E-state index in [-0.39, 0.29) is 18.4 Å². The first-order valence-corrected chi connectivity index (χ1v) is 15.7. The average molecular weight is 616 g/mol. The van der Waals surface area contributed by atoms with Gasteiger partial charge in [-0.15, -0.1) is 0 Å². The Morgan fingerprint density at radius 3 is 2.67 bits per heavy atom. The Bertz CT molecular complexity index is 1960. The summed E-state index contributed by atoms with van der Waals surface area (Å²) in [6.45, 7) is 2.42. The number of nitrogens with one attached hydrogen (secondary N) is 1. The molecule has 5 aromatic rings. The summed E-state index contributed by atoms with van der Waals surface area (Å²) in [6.07, 6.45) is 10.2. The summed E-state index contributed by atoms with van der Waals surface area (Å²) in [5.41, 5.74) is 7.38. The van der Waals surface area contributed by atoms with Gasteiger partial charge in [-0.25, -0.2) is 15.0 Å². The molecule has 11 heteroatoms. The molecule has 1 saturated heterocycles. The van der Waals surface area contributed by atoms with Crippen LogP contribution in [-0.4, -0.2) is 74.0 Å². The van der Waals surface area contributed by atoms with E-state index in [1.54, 1.807) is 34.3 Å². The number of pyridine rings is 1. The van der Waals surface area contributed by atoms with Crippen molar-refractivity contribution in [2.45, 2.75) is 31.8 Å². The molecule has 2 aliphatic heterocycles. The van der Waals surface area contributed by atoms with Crippen LogP contribution in [-0.2, 0) is 17.8 Å². The predicted molar refractivity (Wildman–Crippen MR) is 172 cm³/mol. The van der Waals surface area contributed by atoms with Gasteiger partial charge in [0.2, 0.25) is 0 Å². The zero-order valence-electron chi connectivity index (χ0n) is 25.2. The van der Waals surface area contributed by atoms with E-state index in [0.29, 0.717) is 84.1 Å². The number of imidazole rings is 1. The summed E-state index contributed by atoms with van der Waals surface area (Å²) in [4.78, 5) is 43.9. The molecule has 0 bridgehead atoms. The number of carbonyl (C=O) groups is 2. The molecule has 1 saturated carbocycles. The Morgan fingerprint density at radius 2 is 1.89 bits per heavy atom. The maximum atomic E-state index is 13.8. The normalized spacial score (nSPS) is 16.5. The van der Waals surface area contributed by atoms with Gasteiger partial charge in [0, 0.05) is 54.9 Å². The van der Waals surface area contributed by atoms with Crippen LogP contribution >= 0.6 is 0 Å². The summed E-state index contributed by atoms with van der Waals surface area (Å²) >= 11 is 0. The van der Waals surface area contributed by atoms with Gasteiger partial charge in [-0.3, -0.25) is 9.59 Å². The Hall–Kier alpha value is -5.13. The van der Waals surface area contributed by atoms with Crippen molar-refractivity contribution in [3.05, 3.63) is 101 Å². The molecule has 0 spiro atoms. The number of fused-ring (bicyclic) bond motifs is 2. The fourth-order valence-corrected chi connectivity index (χ4v) is 6.45. The molecule has 8 rings (SSSR count). The highest BCUT2D eigenvalue weighted by Crippen LogP contribution is 2.41. The molecule has 46 heavy (non-hydrogen) atoms. The molecule has 5 heterocycles. The van der Waals surface area contributed by atoms with Crippen LogP contribution in [0.1, 0.15) is 56.3 Å². The van der Waals surface area contributed by atoms with Crippen molar-refractivity contribution >= 4 is 34.7 Å². The van der Waals surface area contributed by atoms with Crippen molar-refractivity contribution < 1.29 is 19.4 Å². The number of hydrogen-bond acceptors (Lipinski definition) is 8. The van der Waals surface area contributed by atoms with Crippen LogP contribution in [0.3, 0.4) is 0 Å². The molecule has 2 amide bonds. The van der Waals surface area contributed by atoms with Gasteiger partial charge in [0.15, 0.2) is 11.5 Å². The first kappa shape index (κ1) is 28.4. The number of morpholine rings is 1. The SMILES string of the molecule is O=C(c1ccc(Nc2nc(-c3cccc(N4CCc5cc(C6CC6)ccc5C4=O)c3CO)cn3ccnc23)cn1)N1CCOCC1. The van der Waals surface area contributed by atoms with Gasteiger partial charge >= 0.3 is 0 Å². The molecule has 1 aliphatic carbocycles. The van der Waals surface area contributed by atoms with E-state index in [1.165, 1.54) is 18.4 Å². The zero-order valence-corrected chi connectivity index (χ0v) is 25.2. The molecule has 2 fully saturated rings. The van der Waals surface area contributed by atoms with Gasteiger partial charge in [-0.05, 0) is 60.6 Å². The lowest BCUT2D eigenvalue weighted by molar-refractivity contribution is 0.0299. The van der Waals surface area contributed by atoms with Crippen LogP contribution in [0.5, 0.6) is 0 Å². The van der Waals surface area contributed by atoms with Crippen LogP contribution in [0.2, 0.25) is 0 Å². The molecule has 0 radical (unpaired) electrons. The fourth-order valence-electron chi connectivity index (χ4n) is 6.45. The number of ether oxygens (including phenoxy) is 1. The smallest absolute Gasteiger partial charge is 0.272 e. The highest BCUT2D eigenvalue weighted by atomic mass is 16.5. The highest BCUT2D eigenvalue weighted by Gasteiger charge is 2.30. The standard InChI is InChI=1S/C35H33N7O4/c43-21-28-27(2-1-3-31(28)42-12-10-24-18-23(22-4-5-22)6-8-26(24)34(42)44)30-20-41-13-11-36-33(41)32(39-30)38-25-7-9-29(37-19-25)35(45)40-14-16-46-17-15-40/h1-3,6-9,11,13,18-20,22,43H,4-5,10,12,14-17,21H2,(H,38,39). The minimum absolute atomic E-state index is 0.0566. The molecule has 2 aromatic carbocycles. The lowest BCUT2D eigenvalue weighted by Crippen LogP contribution is -2.41. The second-order valence-corrected chi connectivity index (χ2v) is 12.0. The van der Waals surface area contributed by atoms with Gasteiger partial charge in [-0.1, -0.05) is 24.3 Å². The molecule has 2 N–H and O–H groups in total. The molecular formula is C35H33N7O4. The summed E-state index contributed by atoms with van der Waals surface area (Å²) in [5.74, 6) is 0.941. The number of nitrogens with zero attached hydrogens (tertiary/aromatic N) is 6. The van der Waals surface area contributed by atoms with Gasteiger partial charge in [0.25, 0.3) is 11.8 Å². The number of rotatable bonds is 7. The summed E-state index contributed by atoms with van der Waals surface area (Å²) in [7, 11) is 0. The largest absolute Gasteiger partial charge is 0.392 e. The number of aliphatic hydroxyl groups excluding tert-OH is 1. The van der Waals surface area contributed by atoms with Crippen LogP contribution in [0.15, 0.2) is 73.3 Å². The Balaban J connectivity index is 1.10. The van der Waals surface area contributed by atoms with Crippen molar-refractivity contribution in [3.8, 4) is 11.3 Å². The van der Waals surface area contributed by atoms with E-state index in [2.05, 4.69) is 27.4 Å². The Morgan fingerprint density at radius 1 is 1.02 bits per heavy atom. The van der Waals surface area contributed by atoms with E-state index >= 15 is 0 Å². The Labute approximate surface area is 265 Å². The first-order chi connectivity index (χ1) is 22.6. The van der Waals surface area contributed by atoms with Crippen LogP contribution < -0.4 is 10.2 Å². The van der Waals surface area contributed by atoms with Crippen molar-refractivity contribution in [1.29, 1.82) is 0 Å². The van der Waals surface area contributed by atoms with Crippen molar-refractivity contribution in [1.82, 2.24) is 24.3 Å². The molecule has 3 aliphatic rings. The predicted octanol–water partition coefficient (Wildman–Crippen LogP) is 4.58. The third-order valence-corrected chi connectivity index (χ3v) is 9.05. The highest BCUT2D eigenvalue weighted by molar-refractivity contribution is 6.09. The number of anilines is 3. The van der Waals surface area contributed by atoms with Gasteiger partial charge in [-0.2, -0.15) is 0 Å². The number of hydrogen-bond donors (Lipinski definition) is 2. The number of carbonyl (C=O) groups excluding carboxylic acids is 2. The van der Waals surface area contributed by atoms with Gasteiger partial charge in [0.1, 0.15) is 5.69 Å². The fraction of sp³-hybridized carbons (Fsp3) is 0.286. The number of aromatic nitrogens is 4. The van der Waals surface area contributed by atoms with Crippen molar-refractivity contribution in [2.24, 2.45) is 0 Å². The number of benzene rings is 2. The van der Waals surface area contributed by atoms with Crippen molar-refractivity contribution in [3.63, 3.8) is 0 Å². The average Bonchev–Trinajstić information content (AvgIpc) is 3.85. The van der Waals surface area contributed by atoms with E-state index in [9.17, 15) is 14.7 Å². The van der Waals surface area contributed by atoms with Gasteiger partial charge in [0.05, 0.1) is 43.1 Å². The quantitative estimate of drug-likeness (QED) is 0.273. The monoisotopic (exact) mass is 615 g/mol. The lowest BCUT2D eigenvalue weighted by atomic mass is 9.93. The second kappa shape index (κ2) is 11.7. The topological polar surface area (TPSA) is 125 Å². The lowest BCUT2D eigenvalue weighted by Gasteiger charge is -2.31. The number of aliphatic hydroxyl groups is 1. The van der Waals surface area contributed by atoms with Gasteiger partial charge < -0.3 is 29.4 Å². The minimum Gasteiger partial charge on any atom is -0.392 e. The number of amides is 2. The van der Waals surface area contributed by atoms with E-state index < -0.39 is 0 Å². The maximum Gasteiger partial charge on any atom is 0.272 e. The zero-order chi connectivity index (χ0) is 31.2. The summed E-state index contributed by atoms with van der Waals surface area (Å²) in [6, 6.07) is 15.4. The van der Waals surface area contributed by atoms with Crippen LogP contribution in [0, 0.1) is 0 Å². The van der Waals surface area contributed by atoms with E-state index in [1.807, 2.05) is 41.1 Å². The van der Waals surface area contributed by atoms with E-state index in [4.69, 9.17) is 9.72 Å². The Kier molecular flexibility index (Phi) is 7.19. The first-order valence-electron chi connectivity index (χ1n) is 15.7. The molecular weight excluding hydrogens is 582 g/mol. The van der Waals surface area contributed by atoms with Crippen LogP contribution in [0.25, 0.3) is 16.9 Å². The third-order valence-electron chi connectivity index (χ3n) is 9.05. The molecule has 0 atom stereocenters. The van der Waals surface area contributed by atoms with Crippen LogP contribution in [0.4, 0.5) is 17.2 Å². The third kappa shape index (κ3) is 5.17. The molecule has 11 nitrogen and oxygen atoms in total. The molecule has 3 aromatic heterocycles. The molecule has 0 unspecified atom stereocenters. The maximum absolute atomic E-state index is 13.8. The second-order valence-electron chi connectivity index (χ2n) is 12.0. The van der Waals surface area contributed by atoms with E-state index in [0.717, 1.165) is 17.5 Å². The summed E-state index contributed by atoms with van der Waals surface area (Å²) < 4.78 is 7.22. The van der Waals surface area contributed by atoms with Crippen molar-refractivity contribution in [2.75, 3.05) is 43.1 Å². The minimum atomic E-state index is -0.266. The summed E-state index contributed by atoms with van der Waals surface area (Å²) in [5, 5.41) is 14.0.